The number of anilines is 1. The third kappa shape index (κ3) is 3.17. The van der Waals surface area contributed by atoms with Crippen molar-refractivity contribution in [3.63, 3.8) is 0 Å². The Balaban J connectivity index is 3.12. The molecule has 0 amide bonds. The van der Waals surface area contributed by atoms with Gasteiger partial charge in [0.2, 0.25) is 0 Å². The summed E-state index contributed by atoms with van der Waals surface area (Å²) in [6.45, 7) is 2.28. The first-order valence-corrected chi connectivity index (χ1v) is 6.11. The highest BCUT2D eigenvalue weighted by molar-refractivity contribution is 9.10. The van der Waals surface area contributed by atoms with Gasteiger partial charge in [0.05, 0.1) is 6.10 Å². The largest absolute Gasteiger partial charge is 0.392 e. The summed E-state index contributed by atoms with van der Waals surface area (Å²) in [6, 6.07) is 5.75. The molecule has 0 aliphatic heterocycles. The van der Waals surface area contributed by atoms with Gasteiger partial charge in [-0.15, -0.1) is 0 Å². The maximum absolute atomic E-state index is 9.37. The number of halogens is 1. The summed E-state index contributed by atoms with van der Waals surface area (Å²) in [5, 5.41) is 9.37. The predicted octanol–water partition coefficient (Wildman–Crippen LogP) is 1.90. The number of nitrogens with zero attached hydrogens (tertiary/aromatic N) is 1. The van der Waals surface area contributed by atoms with Crippen molar-refractivity contribution in [1.29, 1.82) is 0 Å². The van der Waals surface area contributed by atoms with Gasteiger partial charge in [-0.1, -0.05) is 18.3 Å². The molecule has 0 radical (unpaired) electrons. The summed E-state index contributed by atoms with van der Waals surface area (Å²) < 4.78 is 0.870. The number of thiocarbonyl (C=S) groups is 1. The van der Waals surface area contributed by atoms with Crippen LogP contribution in [0.25, 0.3) is 0 Å². The first-order valence-electron chi connectivity index (χ1n) is 4.91. The molecule has 1 unspecified atom stereocenters. The smallest absolute Gasteiger partial charge is 0.107 e. The number of benzene rings is 1. The van der Waals surface area contributed by atoms with E-state index in [9.17, 15) is 5.11 Å². The quantitative estimate of drug-likeness (QED) is 0.834. The van der Waals surface area contributed by atoms with Crippen molar-refractivity contribution < 1.29 is 5.11 Å². The fourth-order valence-electron chi connectivity index (χ4n) is 1.57. The lowest BCUT2D eigenvalue weighted by molar-refractivity contribution is 0.201. The zero-order chi connectivity index (χ0) is 12.3. The van der Waals surface area contributed by atoms with E-state index in [4.69, 9.17) is 18.0 Å². The molecular formula is C11H15BrN2OS. The SMILES string of the molecule is CC(O)CN(C)c1cccc(Br)c1C(N)=S. The van der Waals surface area contributed by atoms with Crippen molar-refractivity contribution in [2.45, 2.75) is 13.0 Å². The van der Waals surface area contributed by atoms with Crippen LogP contribution in [0.2, 0.25) is 0 Å². The zero-order valence-electron chi connectivity index (χ0n) is 9.27. The highest BCUT2D eigenvalue weighted by Crippen LogP contribution is 2.27. The van der Waals surface area contributed by atoms with Gasteiger partial charge in [0, 0.05) is 29.3 Å². The minimum Gasteiger partial charge on any atom is -0.392 e. The van der Waals surface area contributed by atoms with E-state index in [-0.39, 0.29) is 0 Å². The van der Waals surface area contributed by atoms with Gasteiger partial charge >= 0.3 is 0 Å². The van der Waals surface area contributed by atoms with Gasteiger partial charge in [0.25, 0.3) is 0 Å². The van der Waals surface area contributed by atoms with E-state index in [1.165, 1.54) is 0 Å². The van der Waals surface area contributed by atoms with Crippen molar-refractivity contribution in [1.82, 2.24) is 0 Å². The molecule has 0 aromatic heterocycles. The van der Waals surface area contributed by atoms with Gasteiger partial charge in [0.15, 0.2) is 0 Å². The average molecular weight is 303 g/mol. The summed E-state index contributed by atoms with van der Waals surface area (Å²) in [6.07, 6.45) is -0.400. The Morgan fingerprint density at radius 3 is 2.75 bits per heavy atom. The highest BCUT2D eigenvalue weighted by atomic mass is 79.9. The zero-order valence-corrected chi connectivity index (χ0v) is 11.7. The summed E-state index contributed by atoms with van der Waals surface area (Å²) in [5.74, 6) is 0. The molecule has 0 saturated carbocycles. The standard InChI is InChI=1S/C11H15BrN2OS/c1-7(15)6-14(2)9-5-3-4-8(12)10(9)11(13)16/h3-5,7,15H,6H2,1-2H3,(H2,13,16). The van der Waals surface area contributed by atoms with Crippen molar-refractivity contribution in [2.24, 2.45) is 5.73 Å². The lowest BCUT2D eigenvalue weighted by Crippen LogP contribution is -2.29. The molecule has 5 heteroatoms. The lowest BCUT2D eigenvalue weighted by Gasteiger charge is -2.24. The van der Waals surface area contributed by atoms with Crippen molar-refractivity contribution in [3.8, 4) is 0 Å². The van der Waals surface area contributed by atoms with Gasteiger partial charge in [-0.2, -0.15) is 0 Å². The van der Waals surface area contributed by atoms with Crippen LogP contribution in [0.1, 0.15) is 12.5 Å². The van der Waals surface area contributed by atoms with E-state index < -0.39 is 6.10 Å². The second kappa shape index (κ2) is 5.61. The minimum absolute atomic E-state index is 0.347. The molecule has 0 heterocycles. The van der Waals surface area contributed by atoms with Gasteiger partial charge in [-0.25, -0.2) is 0 Å². The van der Waals surface area contributed by atoms with Crippen LogP contribution in [0.3, 0.4) is 0 Å². The third-order valence-electron chi connectivity index (χ3n) is 2.19. The molecule has 0 bridgehead atoms. The molecule has 1 atom stereocenters. The number of aliphatic hydroxyl groups excluding tert-OH is 1. The first kappa shape index (κ1) is 13.4. The maximum Gasteiger partial charge on any atom is 0.107 e. The van der Waals surface area contributed by atoms with Crippen molar-refractivity contribution in [2.75, 3.05) is 18.5 Å². The fourth-order valence-corrected chi connectivity index (χ4v) is 2.48. The third-order valence-corrected chi connectivity index (χ3v) is 3.05. The van der Waals surface area contributed by atoms with Gasteiger partial charge in [0.1, 0.15) is 4.99 Å². The van der Waals surface area contributed by atoms with Crippen LogP contribution >= 0.6 is 28.1 Å². The summed E-state index contributed by atoms with van der Waals surface area (Å²) in [5.41, 5.74) is 7.42. The summed E-state index contributed by atoms with van der Waals surface area (Å²) >= 11 is 8.45. The monoisotopic (exact) mass is 302 g/mol. The van der Waals surface area contributed by atoms with Crippen LogP contribution in [0.15, 0.2) is 22.7 Å². The Hall–Kier alpha value is -0.650. The second-order valence-electron chi connectivity index (χ2n) is 3.73. The molecule has 0 saturated heterocycles. The maximum atomic E-state index is 9.37. The molecule has 88 valence electrons. The number of hydrogen-bond donors (Lipinski definition) is 2. The van der Waals surface area contributed by atoms with E-state index in [1.807, 2.05) is 30.1 Å². The second-order valence-corrected chi connectivity index (χ2v) is 5.02. The predicted molar refractivity (Wildman–Crippen MR) is 75.0 cm³/mol. The number of nitrogens with two attached hydrogens (primary N) is 1. The molecule has 0 fully saturated rings. The lowest BCUT2D eigenvalue weighted by atomic mass is 10.1. The Bertz CT molecular complexity index is 396. The topological polar surface area (TPSA) is 49.5 Å². The summed E-state index contributed by atoms with van der Waals surface area (Å²) in [7, 11) is 1.90. The number of likely N-dealkylation sites (N-methyl/N-ethyl adjacent to an activating group) is 1. The molecular weight excluding hydrogens is 288 g/mol. The van der Waals surface area contributed by atoms with Gasteiger partial charge in [-0.05, 0) is 35.0 Å². The molecule has 3 N–H and O–H groups in total. The number of hydrogen-bond acceptors (Lipinski definition) is 3. The Morgan fingerprint density at radius 2 is 2.25 bits per heavy atom. The summed E-state index contributed by atoms with van der Waals surface area (Å²) in [4.78, 5) is 2.28. The molecule has 16 heavy (non-hydrogen) atoms. The molecule has 1 rings (SSSR count). The van der Waals surface area contributed by atoms with Crippen LogP contribution < -0.4 is 10.6 Å². The minimum atomic E-state index is -0.400. The van der Waals surface area contributed by atoms with Crippen LogP contribution in [0.4, 0.5) is 5.69 Å². The fraction of sp³-hybridized carbons (Fsp3) is 0.364. The van der Waals surface area contributed by atoms with Crippen LogP contribution in [-0.4, -0.2) is 29.8 Å². The van der Waals surface area contributed by atoms with E-state index in [1.54, 1.807) is 6.92 Å². The van der Waals surface area contributed by atoms with E-state index >= 15 is 0 Å². The van der Waals surface area contributed by atoms with Crippen LogP contribution in [-0.2, 0) is 0 Å². The molecule has 0 spiro atoms. The Kier molecular flexibility index (Phi) is 4.70. The molecule has 3 nitrogen and oxygen atoms in total. The first-order chi connectivity index (χ1) is 7.43. The molecule has 0 aliphatic rings. The van der Waals surface area contributed by atoms with Gasteiger partial charge in [-0.3, -0.25) is 0 Å². The van der Waals surface area contributed by atoms with Crippen LogP contribution in [0.5, 0.6) is 0 Å². The van der Waals surface area contributed by atoms with E-state index in [2.05, 4.69) is 15.9 Å². The normalized spacial score (nSPS) is 12.2. The molecule has 1 aromatic carbocycles. The average Bonchev–Trinajstić information content (AvgIpc) is 2.15. The van der Waals surface area contributed by atoms with Crippen molar-refractivity contribution >= 4 is 38.8 Å². The highest BCUT2D eigenvalue weighted by Gasteiger charge is 2.13. The number of aliphatic hydroxyl groups is 1. The van der Waals surface area contributed by atoms with E-state index in [0.29, 0.717) is 11.5 Å². The van der Waals surface area contributed by atoms with Crippen molar-refractivity contribution in [3.05, 3.63) is 28.2 Å². The molecule has 1 aromatic rings. The Labute approximate surface area is 109 Å². The molecule has 0 aliphatic carbocycles. The number of rotatable bonds is 4. The van der Waals surface area contributed by atoms with E-state index in [0.717, 1.165) is 15.7 Å². The Morgan fingerprint density at radius 1 is 1.62 bits per heavy atom. The van der Waals surface area contributed by atoms with Crippen LogP contribution in [0, 0.1) is 0 Å². The van der Waals surface area contributed by atoms with Gasteiger partial charge < -0.3 is 15.7 Å².